The minimum absolute atomic E-state index is 0.399. The molecule has 0 bridgehead atoms. The number of guanidine groups is 1. The lowest BCUT2D eigenvalue weighted by Gasteiger charge is -2.20. The fourth-order valence-electron chi connectivity index (χ4n) is 2.31. The normalized spacial score (nSPS) is 16.9. The predicted octanol–water partition coefficient (Wildman–Crippen LogP) is 1.93. The smallest absolute Gasteiger partial charge is 0.191 e. The monoisotopic (exact) mass is 277 g/mol. The van der Waals surface area contributed by atoms with Crippen LogP contribution >= 0.6 is 0 Å². The van der Waals surface area contributed by atoms with E-state index in [2.05, 4.69) is 52.1 Å². The summed E-state index contributed by atoms with van der Waals surface area (Å²) in [6, 6.07) is 0.399. The van der Waals surface area contributed by atoms with E-state index in [-0.39, 0.29) is 0 Å². The van der Waals surface area contributed by atoms with Gasteiger partial charge in [0.25, 0.3) is 0 Å². The maximum absolute atomic E-state index is 4.69. The molecule has 2 heterocycles. The number of aliphatic imine (C=N–C) groups is 1. The second kappa shape index (κ2) is 6.77. The van der Waals surface area contributed by atoms with Crippen LogP contribution in [-0.2, 0) is 19.5 Å². The molecule has 1 aromatic rings. The Hall–Kier alpha value is -1.52. The first-order chi connectivity index (χ1) is 9.60. The van der Waals surface area contributed by atoms with Gasteiger partial charge in [-0.15, -0.1) is 0 Å². The molecule has 1 aliphatic heterocycles. The van der Waals surface area contributed by atoms with Gasteiger partial charge in [0.1, 0.15) is 5.82 Å². The lowest BCUT2D eigenvalue weighted by Crippen LogP contribution is -2.43. The first-order valence-corrected chi connectivity index (χ1v) is 7.62. The molecular weight excluding hydrogens is 250 g/mol. The van der Waals surface area contributed by atoms with Crippen LogP contribution in [0.5, 0.6) is 0 Å². The van der Waals surface area contributed by atoms with Gasteiger partial charge in [0.05, 0.1) is 12.2 Å². The number of imidazole rings is 1. The van der Waals surface area contributed by atoms with Crippen LogP contribution in [-0.4, -0.2) is 28.6 Å². The topological polar surface area (TPSA) is 54.2 Å². The van der Waals surface area contributed by atoms with Gasteiger partial charge in [-0.1, -0.05) is 13.8 Å². The minimum atomic E-state index is 0.399. The molecule has 0 fully saturated rings. The number of hydrogen-bond donors (Lipinski definition) is 2. The highest BCUT2D eigenvalue weighted by Crippen LogP contribution is 2.14. The molecule has 0 saturated heterocycles. The molecule has 0 aliphatic carbocycles. The van der Waals surface area contributed by atoms with E-state index >= 15 is 0 Å². The quantitative estimate of drug-likeness (QED) is 0.653. The second-order valence-electron chi connectivity index (χ2n) is 5.90. The van der Waals surface area contributed by atoms with Crippen molar-refractivity contribution in [3.8, 4) is 0 Å². The molecule has 0 radical (unpaired) electrons. The average molecular weight is 277 g/mol. The van der Waals surface area contributed by atoms with Crippen molar-refractivity contribution in [1.29, 1.82) is 0 Å². The maximum atomic E-state index is 4.69. The average Bonchev–Trinajstić information content (AvgIpc) is 2.85. The first kappa shape index (κ1) is 14.9. The van der Waals surface area contributed by atoms with Gasteiger partial charge in [0.2, 0.25) is 0 Å². The van der Waals surface area contributed by atoms with E-state index < -0.39 is 0 Å². The Morgan fingerprint density at radius 1 is 1.40 bits per heavy atom. The van der Waals surface area contributed by atoms with E-state index in [1.54, 1.807) is 7.05 Å². The molecule has 1 aromatic heterocycles. The van der Waals surface area contributed by atoms with Crippen molar-refractivity contribution in [2.75, 3.05) is 7.05 Å². The number of rotatable bonds is 4. The van der Waals surface area contributed by atoms with Crippen LogP contribution in [0.3, 0.4) is 0 Å². The second-order valence-corrected chi connectivity index (χ2v) is 5.90. The molecule has 0 spiro atoms. The zero-order chi connectivity index (χ0) is 14.5. The fourth-order valence-corrected chi connectivity index (χ4v) is 2.31. The largest absolute Gasteiger partial charge is 0.354 e. The third-order valence-corrected chi connectivity index (χ3v) is 3.98. The zero-order valence-electron chi connectivity index (χ0n) is 13.1. The van der Waals surface area contributed by atoms with Crippen LogP contribution in [0.1, 0.15) is 45.1 Å². The number of hydrogen-bond acceptors (Lipinski definition) is 2. The SMILES string of the molecule is CN=C(NCc1cn2c(n1)CCCC2)NC(C)C(C)C. The molecule has 0 aromatic carbocycles. The molecule has 1 aliphatic rings. The third kappa shape index (κ3) is 3.74. The molecule has 20 heavy (non-hydrogen) atoms. The first-order valence-electron chi connectivity index (χ1n) is 7.62. The van der Waals surface area contributed by atoms with E-state index in [9.17, 15) is 0 Å². The van der Waals surface area contributed by atoms with Crippen LogP contribution in [0.25, 0.3) is 0 Å². The Balaban J connectivity index is 1.88. The molecule has 5 heteroatoms. The van der Waals surface area contributed by atoms with Crippen LogP contribution in [0.2, 0.25) is 0 Å². The standard InChI is InChI=1S/C15H27N5/c1-11(2)12(3)18-15(16-4)17-9-13-10-20-8-6-5-7-14(20)19-13/h10-12H,5-9H2,1-4H3,(H2,16,17,18). The number of aryl methyl sites for hydroxylation is 2. The Kier molecular flexibility index (Phi) is 5.04. The molecule has 112 valence electrons. The van der Waals surface area contributed by atoms with E-state index in [4.69, 9.17) is 0 Å². The van der Waals surface area contributed by atoms with Gasteiger partial charge in [-0.25, -0.2) is 4.98 Å². The number of nitrogens with zero attached hydrogens (tertiary/aromatic N) is 3. The highest BCUT2D eigenvalue weighted by atomic mass is 15.2. The van der Waals surface area contributed by atoms with Crippen molar-refractivity contribution < 1.29 is 0 Å². The van der Waals surface area contributed by atoms with Crippen molar-refractivity contribution in [2.24, 2.45) is 10.9 Å². The Morgan fingerprint density at radius 3 is 2.85 bits per heavy atom. The fraction of sp³-hybridized carbons (Fsp3) is 0.733. The Morgan fingerprint density at radius 2 is 2.20 bits per heavy atom. The minimum Gasteiger partial charge on any atom is -0.354 e. The van der Waals surface area contributed by atoms with Crippen molar-refractivity contribution in [3.63, 3.8) is 0 Å². The van der Waals surface area contributed by atoms with Gasteiger partial charge in [-0.2, -0.15) is 0 Å². The van der Waals surface area contributed by atoms with E-state index in [1.165, 1.54) is 18.7 Å². The third-order valence-electron chi connectivity index (χ3n) is 3.98. The predicted molar refractivity (Wildman–Crippen MR) is 82.8 cm³/mol. The summed E-state index contributed by atoms with van der Waals surface area (Å²) < 4.78 is 2.29. The summed E-state index contributed by atoms with van der Waals surface area (Å²) in [5, 5.41) is 6.75. The highest BCUT2D eigenvalue weighted by molar-refractivity contribution is 5.79. The number of fused-ring (bicyclic) bond motifs is 1. The molecule has 5 nitrogen and oxygen atoms in total. The molecule has 1 unspecified atom stereocenters. The highest BCUT2D eigenvalue weighted by Gasteiger charge is 2.13. The van der Waals surface area contributed by atoms with Gasteiger partial charge in [0.15, 0.2) is 5.96 Å². The van der Waals surface area contributed by atoms with Crippen molar-refractivity contribution in [3.05, 3.63) is 17.7 Å². The summed E-state index contributed by atoms with van der Waals surface area (Å²) in [5.74, 6) is 2.65. The van der Waals surface area contributed by atoms with Gasteiger partial charge in [0, 0.05) is 32.3 Å². The summed E-state index contributed by atoms with van der Waals surface area (Å²) in [5.41, 5.74) is 1.10. The molecule has 0 saturated carbocycles. The summed E-state index contributed by atoms with van der Waals surface area (Å²) in [7, 11) is 1.81. The summed E-state index contributed by atoms with van der Waals surface area (Å²) in [6.07, 6.45) is 5.81. The van der Waals surface area contributed by atoms with Crippen LogP contribution in [0, 0.1) is 5.92 Å². The van der Waals surface area contributed by atoms with Crippen LogP contribution in [0.15, 0.2) is 11.2 Å². The molecule has 2 N–H and O–H groups in total. The van der Waals surface area contributed by atoms with Gasteiger partial charge >= 0.3 is 0 Å². The lowest BCUT2D eigenvalue weighted by molar-refractivity contribution is 0.480. The molecular formula is C15H27N5. The molecule has 0 amide bonds. The summed E-state index contributed by atoms with van der Waals surface area (Å²) >= 11 is 0. The summed E-state index contributed by atoms with van der Waals surface area (Å²) in [6.45, 7) is 8.42. The van der Waals surface area contributed by atoms with Crippen LogP contribution < -0.4 is 10.6 Å². The van der Waals surface area contributed by atoms with E-state index in [0.717, 1.165) is 31.2 Å². The van der Waals surface area contributed by atoms with Gasteiger partial charge in [-0.3, -0.25) is 4.99 Å². The van der Waals surface area contributed by atoms with E-state index in [0.29, 0.717) is 12.0 Å². The van der Waals surface area contributed by atoms with Gasteiger partial charge in [-0.05, 0) is 25.7 Å². The Labute approximate surface area is 121 Å². The zero-order valence-corrected chi connectivity index (χ0v) is 13.1. The van der Waals surface area contributed by atoms with Crippen molar-refractivity contribution >= 4 is 5.96 Å². The van der Waals surface area contributed by atoms with E-state index in [1.807, 2.05) is 0 Å². The maximum Gasteiger partial charge on any atom is 0.191 e. The van der Waals surface area contributed by atoms with Crippen LogP contribution in [0.4, 0.5) is 0 Å². The molecule has 2 rings (SSSR count). The lowest BCUT2D eigenvalue weighted by atomic mass is 10.1. The van der Waals surface area contributed by atoms with Crippen molar-refractivity contribution in [1.82, 2.24) is 20.2 Å². The Bertz CT molecular complexity index is 437. The van der Waals surface area contributed by atoms with Crippen molar-refractivity contribution in [2.45, 2.75) is 59.2 Å². The summed E-state index contributed by atoms with van der Waals surface area (Å²) in [4.78, 5) is 8.96. The van der Waals surface area contributed by atoms with Gasteiger partial charge < -0.3 is 15.2 Å². The number of aromatic nitrogens is 2. The molecule has 1 atom stereocenters. The number of nitrogens with one attached hydrogen (secondary N) is 2.